The van der Waals surface area contributed by atoms with Gasteiger partial charge in [-0.2, -0.15) is 4.98 Å². The van der Waals surface area contributed by atoms with E-state index in [9.17, 15) is 8.42 Å². The molecule has 1 N–H and O–H groups in total. The first-order valence-corrected chi connectivity index (χ1v) is 9.04. The van der Waals surface area contributed by atoms with Gasteiger partial charge in [0.15, 0.2) is 0 Å². The molecule has 0 radical (unpaired) electrons. The van der Waals surface area contributed by atoms with Crippen molar-refractivity contribution in [1.82, 2.24) is 4.98 Å². The number of anilines is 1. The highest BCUT2D eigenvalue weighted by atomic mass is 79.9. The largest absolute Gasteiger partial charge is 0.419 e. The van der Waals surface area contributed by atoms with Gasteiger partial charge in [-0.05, 0) is 36.4 Å². The summed E-state index contributed by atoms with van der Waals surface area (Å²) in [5.41, 5.74) is 0.694. The first-order chi connectivity index (χ1) is 11.0. The van der Waals surface area contributed by atoms with E-state index in [1.165, 1.54) is 12.1 Å². The summed E-state index contributed by atoms with van der Waals surface area (Å²) in [7, 11) is -2.16. The van der Waals surface area contributed by atoms with E-state index in [-0.39, 0.29) is 21.7 Å². The molecular formula is C16H13BrN2O3S. The molecule has 1 aromatic heterocycles. The fourth-order valence-corrected chi connectivity index (χ4v) is 3.67. The summed E-state index contributed by atoms with van der Waals surface area (Å²) in [6, 6.07) is 15.4. The third-order valence-corrected chi connectivity index (χ3v) is 5.43. The highest BCUT2D eigenvalue weighted by Crippen LogP contribution is 2.32. The second-order valence-corrected chi connectivity index (χ2v) is 7.51. The van der Waals surface area contributed by atoms with Gasteiger partial charge in [0.2, 0.25) is 26.6 Å². The van der Waals surface area contributed by atoms with E-state index in [1.54, 1.807) is 37.4 Å². The molecule has 0 fully saturated rings. The van der Waals surface area contributed by atoms with Crippen LogP contribution in [-0.4, -0.2) is 20.4 Å². The second-order valence-electron chi connectivity index (χ2n) is 4.73. The summed E-state index contributed by atoms with van der Waals surface area (Å²) in [4.78, 5) is 4.37. The van der Waals surface area contributed by atoms with Crippen LogP contribution in [-0.2, 0) is 9.84 Å². The van der Waals surface area contributed by atoms with Gasteiger partial charge in [-0.3, -0.25) is 0 Å². The van der Waals surface area contributed by atoms with Crippen LogP contribution in [0.3, 0.4) is 0 Å². The van der Waals surface area contributed by atoms with Gasteiger partial charge in [0, 0.05) is 17.1 Å². The Hall–Kier alpha value is -2.12. The Morgan fingerprint density at radius 2 is 1.70 bits per heavy atom. The molecule has 0 aliphatic carbocycles. The van der Waals surface area contributed by atoms with Gasteiger partial charge in [-0.1, -0.05) is 34.1 Å². The smallest absolute Gasteiger partial charge is 0.233 e. The maximum absolute atomic E-state index is 12.7. The predicted molar refractivity (Wildman–Crippen MR) is 91.1 cm³/mol. The number of nitrogens with zero attached hydrogens (tertiary/aromatic N) is 1. The van der Waals surface area contributed by atoms with Gasteiger partial charge in [-0.25, -0.2) is 8.42 Å². The third kappa shape index (κ3) is 3.02. The molecule has 0 amide bonds. The standard InChI is InChI=1S/C16H13BrN2O3S/c1-18-15-16(23(20,21)13-5-3-2-4-6-13)19-14(22-15)11-7-9-12(17)10-8-11/h2-10,18H,1H3. The fraction of sp³-hybridized carbons (Fsp3) is 0.0625. The van der Waals surface area contributed by atoms with Crippen molar-refractivity contribution in [2.24, 2.45) is 0 Å². The summed E-state index contributed by atoms with van der Waals surface area (Å²) < 4.78 is 32.0. The Labute approximate surface area is 142 Å². The lowest BCUT2D eigenvalue weighted by Gasteiger charge is -2.02. The molecule has 3 aromatic rings. The topological polar surface area (TPSA) is 72.2 Å². The van der Waals surface area contributed by atoms with Crippen molar-refractivity contribution >= 4 is 31.7 Å². The number of aromatic nitrogens is 1. The van der Waals surface area contributed by atoms with Crippen LogP contribution in [0.5, 0.6) is 0 Å². The van der Waals surface area contributed by atoms with Gasteiger partial charge in [0.05, 0.1) is 4.90 Å². The number of rotatable bonds is 4. The molecule has 5 nitrogen and oxygen atoms in total. The number of nitrogens with one attached hydrogen (secondary N) is 1. The lowest BCUT2D eigenvalue weighted by molar-refractivity contribution is 0.580. The quantitative estimate of drug-likeness (QED) is 0.726. The van der Waals surface area contributed by atoms with Crippen molar-refractivity contribution in [3.63, 3.8) is 0 Å². The summed E-state index contributed by atoms with van der Waals surface area (Å²) in [5, 5.41) is 2.63. The van der Waals surface area contributed by atoms with E-state index in [0.717, 1.165) is 4.47 Å². The summed E-state index contributed by atoms with van der Waals surface area (Å²) in [6.07, 6.45) is 0. The van der Waals surface area contributed by atoms with Crippen molar-refractivity contribution in [1.29, 1.82) is 0 Å². The van der Waals surface area contributed by atoms with E-state index < -0.39 is 9.84 Å². The monoisotopic (exact) mass is 392 g/mol. The van der Waals surface area contributed by atoms with Gasteiger partial charge >= 0.3 is 0 Å². The van der Waals surface area contributed by atoms with Crippen molar-refractivity contribution < 1.29 is 12.8 Å². The summed E-state index contributed by atoms with van der Waals surface area (Å²) in [6.45, 7) is 0. The Bertz CT molecular complexity index is 920. The number of oxazole rings is 1. The van der Waals surface area contributed by atoms with Crippen LogP contribution in [0, 0.1) is 0 Å². The molecule has 0 unspecified atom stereocenters. The van der Waals surface area contributed by atoms with Crippen LogP contribution in [0.4, 0.5) is 5.88 Å². The van der Waals surface area contributed by atoms with Crippen LogP contribution in [0.15, 0.2) is 73.4 Å². The Balaban J connectivity index is 2.12. The van der Waals surface area contributed by atoms with Crippen LogP contribution in [0.2, 0.25) is 0 Å². The van der Waals surface area contributed by atoms with Gasteiger partial charge in [0.1, 0.15) is 0 Å². The zero-order valence-corrected chi connectivity index (χ0v) is 14.6. The van der Waals surface area contributed by atoms with Crippen molar-refractivity contribution in [3.05, 3.63) is 59.1 Å². The van der Waals surface area contributed by atoms with Crippen molar-refractivity contribution in [2.45, 2.75) is 9.92 Å². The minimum atomic E-state index is -3.75. The maximum Gasteiger partial charge on any atom is 0.233 e. The normalized spacial score (nSPS) is 11.4. The molecular weight excluding hydrogens is 380 g/mol. The molecule has 1 heterocycles. The summed E-state index contributed by atoms with van der Waals surface area (Å²) in [5.74, 6) is 0.364. The van der Waals surface area contributed by atoms with E-state index in [1.807, 2.05) is 12.1 Å². The number of hydrogen-bond donors (Lipinski definition) is 1. The van der Waals surface area contributed by atoms with Crippen molar-refractivity contribution in [3.8, 4) is 11.5 Å². The van der Waals surface area contributed by atoms with E-state index in [4.69, 9.17) is 4.42 Å². The first-order valence-electron chi connectivity index (χ1n) is 6.77. The van der Waals surface area contributed by atoms with E-state index in [0.29, 0.717) is 5.56 Å². The molecule has 0 aliphatic heterocycles. The zero-order valence-electron chi connectivity index (χ0n) is 12.2. The van der Waals surface area contributed by atoms with Crippen molar-refractivity contribution in [2.75, 3.05) is 12.4 Å². The first kappa shape index (κ1) is 15.8. The highest BCUT2D eigenvalue weighted by Gasteiger charge is 2.27. The lowest BCUT2D eigenvalue weighted by Crippen LogP contribution is -2.05. The SMILES string of the molecule is CNc1oc(-c2ccc(Br)cc2)nc1S(=O)(=O)c1ccccc1. The maximum atomic E-state index is 12.7. The molecule has 0 saturated heterocycles. The Morgan fingerprint density at radius 3 is 2.30 bits per heavy atom. The molecule has 0 spiro atoms. The number of sulfone groups is 1. The Kier molecular flexibility index (Phi) is 4.23. The summed E-state index contributed by atoms with van der Waals surface area (Å²) >= 11 is 3.35. The minimum absolute atomic E-state index is 0.117. The minimum Gasteiger partial charge on any atom is -0.419 e. The lowest BCUT2D eigenvalue weighted by atomic mass is 10.2. The molecule has 7 heteroatoms. The van der Waals surface area contributed by atoms with Gasteiger partial charge in [-0.15, -0.1) is 0 Å². The number of benzene rings is 2. The van der Waals surface area contributed by atoms with Crippen LogP contribution >= 0.6 is 15.9 Å². The molecule has 118 valence electrons. The Morgan fingerprint density at radius 1 is 1.04 bits per heavy atom. The molecule has 0 bridgehead atoms. The molecule has 3 rings (SSSR count). The van der Waals surface area contributed by atoms with Crippen LogP contribution in [0.1, 0.15) is 0 Å². The van der Waals surface area contributed by atoms with Crippen LogP contribution in [0.25, 0.3) is 11.5 Å². The molecule has 2 aromatic carbocycles. The second kappa shape index (κ2) is 6.17. The van der Waals surface area contributed by atoms with Gasteiger partial charge < -0.3 is 9.73 Å². The van der Waals surface area contributed by atoms with Gasteiger partial charge in [0.25, 0.3) is 0 Å². The number of hydrogen-bond acceptors (Lipinski definition) is 5. The fourth-order valence-electron chi connectivity index (χ4n) is 2.07. The average molecular weight is 393 g/mol. The van der Waals surface area contributed by atoms with Crippen LogP contribution < -0.4 is 5.32 Å². The van der Waals surface area contributed by atoms with E-state index >= 15 is 0 Å². The predicted octanol–water partition coefficient (Wildman–Crippen LogP) is 3.98. The zero-order chi connectivity index (χ0) is 16.4. The third-order valence-electron chi connectivity index (χ3n) is 3.22. The molecule has 0 aliphatic rings. The highest BCUT2D eigenvalue weighted by molar-refractivity contribution is 9.10. The number of halogens is 1. The van der Waals surface area contributed by atoms with E-state index in [2.05, 4.69) is 26.2 Å². The average Bonchev–Trinajstić information content (AvgIpc) is 3.01. The molecule has 23 heavy (non-hydrogen) atoms. The molecule has 0 atom stereocenters. The molecule has 0 saturated carbocycles.